The molecular weight excluding hydrogens is 304 g/mol. The fourth-order valence-corrected chi connectivity index (χ4v) is 2.29. The molecule has 2 rings (SSSR count). The molecule has 0 bridgehead atoms. The molecule has 5 N–H and O–H groups in total. The van der Waals surface area contributed by atoms with Crippen LogP contribution in [0.3, 0.4) is 0 Å². The number of ether oxygens (including phenoxy) is 2. The maximum Gasteiger partial charge on any atom is 0.183 e. The molecule has 0 radical (unpaired) electrons. The van der Waals surface area contributed by atoms with E-state index in [0.29, 0.717) is 5.69 Å². The van der Waals surface area contributed by atoms with Crippen LogP contribution >= 0.6 is 11.6 Å². The van der Waals surface area contributed by atoms with Crippen molar-refractivity contribution in [3.8, 4) is 0 Å². The van der Waals surface area contributed by atoms with E-state index in [1.165, 1.54) is 4.68 Å². The van der Waals surface area contributed by atoms with Gasteiger partial charge in [0.15, 0.2) is 6.29 Å². The van der Waals surface area contributed by atoms with Crippen LogP contribution in [-0.2, 0) is 16.0 Å². The molecule has 1 aliphatic heterocycles. The molecule has 1 aromatic rings. The van der Waals surface area contributed by atoms with Gasteiger partial charge >= 0.3 is 0 Å². The van der Waals surface area contributed by atoms with Crippen LogP contribution in [0, 0.1) is 0 Å². The lowest BCUT2D eigenvalue weighted by Gasteiger charge is -2.41. The highest BCUT2D eigenvalue weighted by atomic mass is 35.5. The van der Waals surface area contributed by atoms with Crippen molar-refractivity contribution >= 4 is 11.6 Å². The molecule has 9 nitrogen and oxygen atoms in total. The molecule has 0 saturated carbocycles. The number of rotatable bonds is 6. The van der Waals surface area contributed by atoms with Gasteiger partial charge in [-0.15, -0.1) is 16.7 Å². The monoisotopic (exact) mass is 322 g/mol. The van der Waals surface area contributed by atoms with Crippen molar-refractivity contribution in [2.24, 2.45) is 5.73 Å². The highest BCUT2D eigenvalue weighted by Crippen LogP contribution is 2.30. The highest BCUT2D eigenvalue weighted by molar-refractivity contribution is 6.17. The first-order valence-corrected chi connectivity index (χ1v) is 7.06. The normalized spacial score (nSPS) is 33.3. The molecule has 1 aromatic heterocycles. The summed E-state index contributed by atoms with van der Waals surface area (Å²) in [5, 5.41) is 37.1. The van der Waals surface area contributed by atoms with E-state index in [1.54, 1.807) is 6.20 Å². The Bertz CT molecular complexity index is 448. The van der Waals surface area contributed by atoms with Gasteiger partial charge in [-0.2, -0.15) is 0 Å². The number of hydrogen-bond acceptors (Lipinski definition) is 8. The number of aromatic nitrogens is 3. The van der Waals surface area contributed by atoms with E-state index >= 15 is 0 Å². The van der Waals surface area contributed by atoms with Crippen molar-refractivity contribution in [1.29, 1.82) is 0 Å². The molecule has 1 fully saturated rings. The minimum Gasteiger partial charge on any atom is -0.394 e. The second-order valence-corrected chi connectivity index (χ2v) is 5.03. The zero-order chi connectivity index (χ0) is 15.4. The molecule has 21 heavy (non-hydrogen) atoms. The van der Waals surface area contributed by atoms with E-state index in [4.69, 9.17) is 26.8 Å². The first-order valence-electron chi connectivity index (χ1n) is 6.53. The Kier molecular flexibility index (Phi) is 5.88. The molecular formula is C11H19ClN4O5. The number of hydrogen-bond donors (Lipinski definition) is 4. The summed E-state index contributed by atoms with van der Waals surface area (Å²) in [5.74, 6) is 0.237. The summed E-state index contributed by atoms with van der Waals surface area (Å²) in [5.41, 5.74) is 6.00. The summed E-state index contributed by atoms with van der Waals surface area (Å²) in [7, 11) is 0. The summed E-state index contributed by atoms with van der Waals surface area (Å²) >= 11 is 5.58. The van der Waals surface area contributed by atoms with Gasteiger partial charge in [-0.1, -0.05) is 5.21 Å². The summed E-state index contributed by atoms with van der Waals surface area (Å²) in [6, 6.07) is -0.821. The number of halogens is 1. The number of aliphatic hydroxyl groups excluding tert-OH is 3. The van der Waals surface area contributed by atoms with Crippen molar-refractivity contribution in [3.05, 3.63) is 11.9 Å². The van der Waals surface area contributed by atoms with E-state index in [-0.39, 0.29) is 19.0 Å². The number of nitrogens with two attached hydrogens (primary N) is 1. The van der Waals surface area contributed by atoms with E-state index in [0.717, 1.165) is 0 Å². The van der Waals surface area contributed by atoms with E-state index in [2.05, 4.69) is 10.3 Å². The lowest BCUT2D eigenvalue weighted by molar-refractivity contribution is -0.280. The Morgan fingerprint density at radius 2 is 2.19 bits per heavy atom. The Hall–Kier alpha value is -0.810. The van der Waals surface area contributed by atoms with Gasteiger partial charge in [-0.05, 0) is 0 Å². The molecule has 5 atom stereocenters. The van der Waals surface area contributed by atoms with E-state index < -0.39 is 37.3 Å². The SMILES string of the molecule is NCc1cn([C@H]2C(OCCCl)OC(CO)[C@@H](O)[C@@H]2O)nn1. The number of alkyl halides is 1. The van der Waals surface area contributed by atoms with Gasteiger partial charge in [0, 0.05) is 12.4 Å². The molecule has 120 valence electrons. The summed E-state index contributed by atoms with van der Waals surface area (Å²) in [6.45, 7) is -0.0715. The minimum absolute atomic E-state index is 0.183. The first-order chi connectivity index (χ1) is 10.1. The second-order valence-electron chi connectivity index (χ2n) is 4.65. The number of nitrogens with zero attached hydrogens (tertiary/aromatic N) is 3. The van der Waals surface area contributed by atoms with Crippen LogP contribution in [0.2, 0.25) is 0 Å². The molecule has 2 unspecified atom stereocenters. The van der Waals surface area contributed by atoms with Crippen LogP contribution < -0.4 is 5.73 Å². The van der Waals surface area contributed by atoms with E-state index in [1.807, 2.05) is 0 Å². The molecule has 0 spiro atoms. The van der Waals surface area contributed by atoms with Crippen molar-refractivity contribution in [1.82, 2.24) is 15.0 Å². The van der Waals surface area contributed by atoms with Gasteiger partial charge in [0.05, 0.1) is 25.1 Å². The molecule has 1 aliphatic rings. The third-order valence-electron chi connectivity index (χ3n) is 3.28. The van der Waals surface area contributed by atoms with Crippen molar-refractivity contribution in [3.63, 3.8) is 0 Å². The molecule has 1 saturated heterocycles. The smallest absolute Gasteiger partial charge is 0.183 e. The fourth-order valence-electron chi connectivity index (χ4n) is 2.20. The lowest BCUT2D eigenvalue weighted by atomic mass is 9.97. The minimum atomic E-state index is -1.28. The van der Waals surface area contributed by atoms with Gasteiger partial charge in [0.2, 0.25) is 0 Å². The predicted octanol–water partition coefficient (Wildman–Crippen LogP) is -2.03. The fraction of sp³-hybridized carbons (Fsp3) is 0.818. The zero-order valence-corrected chi connectivity index (χ0v) is 12.0. The van der Waals surface area contributed by atoms with Crippen LogP contribution in [0.15, 0.2) is 6.20 Å². The quantitative estimate of drug-likeness (QED) is 0.440. The van der Waals surface area contributed by atoms with Gasteiger partial charge < -0.3 is 30.5 Å². The molecule has 0 aliphatic carbocycles. The van der Waals surface area contributed by atoms with Crippen LogP contribution in [0.1, 0.15) is 11.7 Å². The average Bonchev–Trinajstić information content (AvgIpc) is 2.96. The van der Waals surface area contributed by atoms with E-state index in [9.17, 15) is 15.3 Å². The summed E-state index contributed by atoms with van der Waals surface area (Å²) < 4.78 is 12.2. The Labute approximate surface area is 126 Å². The Balaban J connectivity index is 2.23. The standard InChI is InChI=1S/C11H19ClN4O5/c12-1-2-20-11-8(16-4-6(3-13)14-15-16)10(19)9(18)7(5-17)21-11/h4,7-11,17-19H,1-3,5,13H2/t7?,8-,9-,10-,11?/m1/s1. The van der Waals surface area contributed by atoms with Gasteiger partial charge in [-0.25, -0.2) is 4.68 Å². The van der Waals surface area contributed by atoms with Crippen LogP contribution in [0.25, 0.3) is 0 Å². The molecule has 0 amide bonds. The Morgan fingerprint density at radius 3 is 2.76 bits per heavy atom. The van der Waals surface area contributed by atoms with Gasteiger partial charge in [-0.3, -0.25) is 0 Å². The first kappa shape index (κ1) is 16.6. The maximum absolute atomic E-state index is 10.3. The summed E-state index contributed by atoms with van der Waals surface area (Å²) in [4.78, 5) is 0. The van der Waals surface area contributed by atoms with Crippen molar-refractivity contribution in [2.45, 2.75) is 37.2 Å². The van der Waals surface area contributed by atoms with Crippen molar-refractivity contribution < 1.29 is 24.8 Å². The van der Waals surface area contributed by atoms with Gasteiger partial charge in [0.1, 0.15) is 24.4 Å². The lowest BCUT2D eigenvalue weighted by Crippen LogP contribution is -2.57. The summed E-state index contributed by atoms with van der Waals surface area (Å²) in [6.07, 6.45) is -2.86. The predicted molar refractivity (Wildman–Crippen MR) is 71.4 cm³/mol. The molecule has 10 heteroatoms. The van der Waals surface area contributed by atoms with Crippen LogP contribution in [0.5, 0.6) is 0 Å². The van der Waals surface area contributed by atoms with Crippen molar-refractivity contribution in [2.75, 3.05) is 19.1 Å². The largest absolute Gasteiger partial charge is 0.394 e. The highest BCUT2D eigenvalue weighted by Gasteiger charge is 2.46. The number of aliphatic hydroxyl groups is 3. The zero-order valence-electron chi connectivity index (χ0n) is 11.2. The third-order valence-corrected chi connectivity index (χ3v) is 3.43. The van der Waals surface area contributed by atoms with Gasteiger partial charge in [0.25, 0.3) is 0 Å². The second kappa shape index (κ2) is 7.45. The van der Waals surface area contributed by atoms with Crippen LogP contribution in [-0.4, -0.2) is 74.0 Å². The molecule has 2 heterocycles. The average molecular weight is 323 g/mol. The maximum atomic E-state index is 10.3. The Morgan fingerprint density at radius 1 is 1.43 bits per heavy atom. The van der Waals surface area contributed by atoms with Crippen LogP contribution in [0.4, 0.5) is 0 Å². The third kappa shape index (κ3) is 3.51. The topological polar surface area (TPSA) is 136 Å². The molecule has 0 aromatic carbocycles.